The van der Waals surface area contributed by atoms with Crippen molar-refractivity contribution < 1.29 is 9.84 Å². The summed E-state index contributed by atoms with van der Waals surface area (Å²) in [4.78, 5) is 0. The normalized spacial score (nSPS) is 25.7. The molecule has 14 heavy (non-hydrogen) atoms. The van der Waals surface area contributed by atoms with Crippen LogP contribution in [0.3, 0.4) is 0 Å². The van der Waals surface area contributed by atoms with E-state index in [1.807, 2.05) is 24.3 Å². The van der Waals surface area contributed by atoms with Crippen molar-refractivity contribution in [2.75, 3.05) is 6.61 Å². The third kappa shape index (κ3) is 1.50. The highest BCUT2D eigenvalue weighted by Crippen LogP contribution is 2.37. The molecule has 2 atom stereocenters. The second-order valence-electron chi connectivity index (χ2n) is 4.19. The molecule has 1 aliphatic heterocycles. The van der Waals surface area contributed by atoms with Gasteiger partial charge in [0, 0.05) is 11.5 Å². The van der Waals surface area contributed by atoms with E-state index >= 15 is 0 Å². The van der Waals surface area contributed by atoms with Crippen molar-refractivity contribution >= 4 is 0 Å². The molecule has 1 aromatic rings. The lowest BCUT2D eigenvalue weighted by Crippen LogP contribution is -2.33. The molecule has 1 N–H and O–H groups in total. The maximum atomic E-state index is 9.86. The molecule has 1 heterocycles. The van der Waals surface area contributed by atoms with Crippen LogP contribution >= 0.6 is 0 Å². The van der Waals surface area contributed by atoms with E-state index in [4.69, 9.17) is 4.74 Å². The van der Waals surface area contributed by atoms with Gasteiger partial charge in [-0.15, -0.1) is 0 Å². The van der Waals surface area contributed by atoms with Crippen LogP contribution in [0.25, 0.3) is 0 Å². The summed E-state index contributed by atoms with van der Waals surface area (Å²) >= 11 is 0. The number of benzene rings is 1. The SMILES string of the molecule is CC(C)[C@@H]1c2ccccc2OC[C@@H]1O. The average molecular weight is 192 g/mol. The van der Waals surface area contributed by atoms with E-state index in [-0.39, 0.29) is 12.0 Å². The number of aliphatic hydroxyl groups excluding tert-OH is 1. The lowest BCUT2D eigenvalue weighted by molar-refractivity contribution is 0.0516. The molecule has 0 unspecified atom stereocenters. The summed E-state index contributed by atoms with van der Waals surface area (Å²) in [5.74, 6) is 1.58. The summed E-state index contributed by atoms with van der Waals surface area (Å²) in [7, 11) is 0. The Hall–Kier alpha value is -1.02. The Morgan fingerprint density at radius 2 is 2.07 bits per heavy atom. The lowest BCUT2D eigenvalue weighted by atomic mass is 9.82. The molecule has 0 saturated heterocycles. The molecule has 0 aromatic heterocycles. The monoisotopic (exact) mass is 192 g/mol. The van der Waals surface area contributed by atoms with Crippen LogP contribution in [-0.4, -0.2) is 17.8 Å². The van der Waals surface area contributed by atoms with Gasteiger partial charge in [-0.05, 0) is 12.0 Å². The summed E-state index contributed by atoms with van der Waals surface area (Å²) in [6.45, 7) is 4.69. The van der Waals surface area contributed by atoms with Crippen LogP contribution < -0.4 is 4.74 Å². The minimum atomic E-state index is -0.370. The highest BCUT2D eigenvalue weighted by atomic mass is 16.5. The molecule has 0 radical (unpaired) electrons. The molecule has 0 saturated carbocycles. The minimum Gasteiger partial charge on any atom is -0.491 e. The smallest absolute Gasteiger partial charge is 0.123 e. The van der Waals surface area contributed by atoms with E-state index in [1.54, 1.807) is 0 Å². The molecule has 1 aromatic carbocycles. The Morgan fingerprint density at radius 1 is 1.36 bits per heavy atom. The molecule has 76 valence electrons. The fourth-order valence-corrected chi connectivity index (χ4v) is 2.18. The van der Waals surface area contributed by atoms with E-state index in [1.165, 1.54) is 0 Å². The molecule has 0 amide bonds. The van der Waals surface area contributed by atoms with Gasteiger partial charge in [-0.1, -0.05) is 32.0 Å². The Labute approximate surface area is 84.5 Å². The highest BCUT2D eigenvalue weighted by Gasteiger charge is 2.31. The Bertz CT molecular complexity index is 320. The molecule has 0 spiro atoms. The van der Waals surface area contributed by atoms with E-state index in [2.05, 4.69) is 13.8 Å². The first-order chi connectivity index (χ1) is 6.70. The standard InChI is InChI=1S/C12H16O2/c1-8(2)12-9-5-3-4-6-11(9)14-7-10(12)13/h3-6,8,10,12-13H,7H2,1-2H3/t10-,12+/m0/s1. The number of para-hydroxylation sites is 1. The van der Waals surface area contributed by atoms with Gasteiger partial charge < -0.3 is 9.84 Å². The Morgan fingerprint density at radius 3 is 2.79 bits per heavy atom. The van der Waals surface area contributed by atoms with Crippen LogP contribution in [0.5, 0.6) is 5.75 Å². The van der Waals surface area contributed by atoms with Crippen LogP contribution in [0.1, 0.15) is 25.3 Å². The van der Waals surface area contributed by atoms with Gasteiger partial charge in [0.1, 0.15) is 12.4 Å². The van der Waals surface area contributed by atoms with Gasteiger partial charge >= 0.3 is 0 Å². The minimum absolute atomic E-state index is 0.208. The van der Waals surface area contributed by atoms with E-state index in [0.29, 0.717) is 12.5 Å². The zero-order valence-electron chi connectivity index (χ0n) is 8.60. The summed E-state index contributed by atoms with van der Waals surface area (Å²) in [6, 6.07) is 7.97. The fraction of sp³-hybridized carbons (Fsp3) is 0.500. The summed E-state index contributed by atoms with van der Waals surface area (Å²) in [6.07, 6.45) is -0.370. The van der Waals surface area contributed by atoms with Crippen LogP contribution in [0, 0.1) is 5.92 Å². The average Bonchev–Trinajstić information content (AvgIpc) is 2.17. The largest absolute Gasteiger partial charge is 0.491 e. The summed E-state index contributed by atoms with van der Waals surface area (Å²) in [5, 5.41) is 9.86. The maximum Gasteiger partial charge on any atom is 0.123 e. The third-order valence-corrected chi connectivity index (χ3v) is 2.82. The van der Waals surface area contributed by atoms with Crippen molar-refractivity contribution in [3.63, 3.8) is 0 Å². The highest BCUT2D eigenvalue weighted by molar-refractivity contribution is 5.39. The third-order valence-electron chi connectivity index (χ3n) is 2.82. The number of rotatable bonds is 1. The zero-order chi connectivity index (χ0) is 10.1. The Balaban J connectivity index is 2.41. The number of ether oxygens (including phenoxy) is 1. The zero-order valence-corrected chi connectivity index (χ0v) is 8.60. The van der Waals surface area contributed by atoms with Crippen molar-refractivity contribution in [2.24, 2.45) is 5.92 Å². The first kappa shape index (κ1) is 9.53. The number of hydrogen-bond donors (Lipinski definition) is 1. The topological polar surface area (TPSA) is 29.5 Å². The summed E-state index contributed by atoms with van der Waals surface area (Å²) in [5.41, 5.74) is 1.14. The van der Waals surface area contributed by atoms with Crippen molar-refractivity contribution in [1.82, 2.24) is 0 Å². The van der Waals surface area contributed by atoms with Gasteiger partial charge in [0.2, 0.25) is 0 Å². The van der Waals surface area contributed by atoms with Crippen molar-refractivity contribution in [2.45, 2.75) is 25.9 Å². The summed E-state index contributed by atoms with van der Waals surface area (Å²) < 4.78 is 5.47. The quantitative estimate of drug-likeness (QED) is 0.739. The molecule has 2 heteroatoms. The van der Waals surface area contributed by atoms with E-state index in [9.17, 15) is 5.11 Å². The van der Waals surface area contributed by atoms with Crippen LogP contribution in [0.4, 0.5) is 0 Å². The van der Waals surface area contributed by atoms with Gasteiger partial charge in [-0.2, -0.15) is 0 Å². The van der Waals surface area contributed by atoms with Crippen LogP contribution in [0.15, 0.2) is 24.3 Å². The maximum absolute atomic E-state index is 9.86. The molecule has 0 aliphatic carbocycles. The van der Waals surface area contributed by atoms with Crippen molar-refractivity contribution in [3.05, 3.63) is 29.8 Å². The van der Waals surface area contributed by atoms with Crippen LogP contribution in [0.2, 0.25) is 0 Å². The predicted octanol–water partition coefficient (Wildman–Crippen LogP) is 2.18. The molecule has 2 nitrogen and oxygen atoms in total. The molecule has 2 rings (SSSR count). The van der Waals surface area contributed by atoms with Gasteiger partial charge in [0.25, 0.3) is 0 Å². The number of hydrogen-bond acceptors (Lipinski definition) is 2. The molecule has 0 fully saturated rings. The molecule has 1 aliphatic rings. The second-order valence-corrected chi connectivity index (χ2v) is 4.19. The predicted molar refractivity (Wildman–Crippen MR) is 55.5 cm³/mol. The van der Waals surface area contributed by atoms with Gasteiger partial charge in [-0.25, -0.2) is 0 Å². The number of aliphatic hydroxyl groups is 1. The molecular weight excluding hydrogens is 176 g/mol. The van der Waals surface area contributed by atoms with Gasteiger partial charge in [0.05, 0.1) is 6.10 Å². The Kier molecular flexibility index (Phi) is 2.46. The first-order valence-corrected chi connectivity index (χ1v) is 5.10. The van der Waals surface area contributed by atoms with E-state index < -0.39 is 0 Å². The fourth-order valence-electron chi connectivity index (χ4n) is 2.18. The van der Waals surface area contributed by atoms with Gasteiger partial charge in [0.15, 0.2) is 0 Å². The van der Waals surface area contributed by atoms with Crippen molar-refractivity contribution in [1.29, 1.82) is 0 Å². The molecular formula is C12H16O2. The van der Waals surface area contributed by atoms with Crippen molar-refractivity contribution in [3.8, 4) is 5.75 Å². The number of fused-ring (bicyclic) bond motifs is 1. The first-order valence-electron chi connectivity index (χ1n) is 5.10. The molecule has 0 bridgehead atoms. The van der Waals surface area contributed by atoms with Crippen LogP contribution in [-0.2, 0) is 0 Å². The van der Waals surface area contributed by atoms with Gasteiger partial charge in [-0.3, -0.25) is 0 Å². The second kappa shape index (κ2) is 3.62. The van der Waals surface area contributed by atoms with E-state index in [0.717, 1.165) is 11.3 Å². The lowest BCUT2D eigenvalue weighted by Gasteiger charge is -2.32.